The van der Waals surface area contributed by atoms with E-state index in [9.17, 15) is 10.1 Å². The molecule has 1 unspecified atom stereocenters. The topological polar surface area (TPSA) is 55.2 Å². The van der Waals surface area contributed by atoms with Gasteiger partial charge in [-0.3, -0.25) is 10.1 Å². The molecule has 1 atom stereocenters. The number of nitro benzene ring substituents is 1. The molecule has 4 heteroatoms. The molecule has 1 aliphatic carbocycles. The molecule has 0 spiro atoms. The Morgan fingerprint density at radius 1 is 1.44 bits per heavy atom. The molecule has 0 amide bonds. The summed E-state index contributed by atoms with van der Waals surface area (Å²) in [6.45, 7) is 2.12. The molecule has 4 nitrogen and oxygen atoms in total. The molecule has 1 fully saturated rings. The first kappa shape index (κ1) is 13.0. The van der Waals surface area contributed by atoms with Gasteiger partial charge in [0.1, 0.15) is 0 Å². The lowest BCUT2D eigenvalue weighted by atomic mass is 10.0. The van der Waals surface area contributed by atoms with E-state index in [0.29, 0.717) is 6.04 Å². The minimum Gasteiger partial charge on any atom is -0.307 e. The first-order chi connectivity index (χ1) is 8.70. The molecule has 0 aromatic heterocycles. The van der Waals surface area contributed by atoms with E-state index in [-0.39, 0.29) is 16.7 Å². The van der Waals surface area contributed by atoms with Gasteiger partial charge in [0, 0.05) is 24.2 Å². The van der Waals surface area contributed by atoms with Gasteiger partial charge in [-0.15, -0.1) is 0 Å². The second kappa shape index (κ2) is 5.96. The van der Waals surface area contributed by atoms with Crippen LogP contribution in [-0.2, 0) is 0 Å². The van der Waals surface area contributed by atoms with E-state index < -0.39 is 0 Å². The van der Waals surface area contributed by atoms with Crippen LogP contribution in [0.1, 0.15) is 50.6 Å². The number of benzene rings is 1. The van der Waals surface area contributed by atoms with Gasteiger partial charge >= 0.3 is 0 Å². The number of nitrogens with zero attached hydrogens (tertiary/aromatic N) is 1. The van der Waals surface area contributed by atoms with Crippen LogP contribution in [0.15, 0.2) is 24.3 Å². The van der Waals surface area contributed by atoms with E-state index in [1.807, 2.05) is 6.07 Å². The zero-order chi connectivity index (χ0) is 13.0. The fraction of sp³-hybridized carbons (Fsp3) is 0.571. The van der Waals surface area contributed by atoms with Crippen molar-refractivity contribution in [3.8, 4) is 0 Å². The summed E-state index contributed by atoms with van der Waals surface area (Å²) in [5.74, 6) is 0. The fourth-order valence-electron chi connectivity index (χ4n) is 2.68. The summed E-state index contributed by atoms with van der Waals surface area (Å²) in [6.07, 6.45) is 6.00. The third kappa shape index (κ3) is 3.07. The average Bonchev–Trinajstić information content (AvgIpc) is 2.89. The molecule has 0 aliphatic heterocycles. The highest BCUT2D eigenvalue weighted by Crippen LogP contribution is 2.25. The molecule has 0 bridgehead atoms. The van der Waals surface area contributed by atoms with Crippen molar-refractivity contribution in [1.82, 2.24) is 5.32 Å². The summed E-state index contributed by atoms with van der Waals surface area (Å²) in [5.41, 5.74) is 1.21. The monoisotopic (exact) mass is 248 g/mol. The Balaban J connectivity index is 2.10. The summed E-state index contributed by atoms with van der Waals surface area (Å²) < 4.78 is 0. The third-order valence-electron chi connectivity index (χ3n) is 3.68. The van der Waals surface area contributed by atoms with E-state index in [1.54, 1.807) is 18.2 Å². The van der Waals surface area contributed by atoms with Crippen molar-refractivity contribution >= 4 is 5.69 Å². The number of hydrogen-bond donors (Lipinski definition) is 1. The molecule has 2 rings (SSSR count). The van der Waals surface area contributed by atoms with Crippen LogP contribution in [-0.4, -0.2) is 11.0 Å². The number of hydrogen-bond acceptors (Lipinski definition) is 3. The van der Waals surface area contributed by atoms with Gasteiger partial charge in [0.2, 0.25) is 0 Å². The molecule has 0 radical (unpaired) electrons. The highest BCUT2D eigenvalue weighted by Gasteiger charge is 2.20. The van der Waals surface area contributed by atoms with Crippen LogP contribution in [0.2, 0.25) is 0 Å². The van der Waals surface area contributed by atoms with Gasteiger partial charge in [0.05, 0.1) is 4.92 Å². The Morgan fingerprint density at radius 3 is 2.78 bits per heavy atom. The van der Waals surface area contributed by atoms with E-state index in [0.717, 1.165) is 12.0 Å². The molecular weight excluding hydrogens is 228 g/mol. The zero-order valence-corrected chi connectivity index (χ0v) is 10.8. The molecular formula is C14H20N2O2. The minimum absolute atomic E-state index is 0.180. The molecule has 1 aromatic rings. The molecule has 1 saturated carbocycles. The lowest BCUT2D eigenvalue weighted by molar-refractivity contribution is -0.384. The molecule has 1 aliphatic rings. The predicted molar refractivity (Wildman–Crippen MR) is 71.5 cm³/mol. The quantitative estimate of drug-likeness (QED) is 0.640. The van der Waals surface area contributed by atoms with E-state index in [2.05, 4.69) is 12.2 Å². The standard InChI is InChI=1S/C14H20N2O2/c1-2-14(15-12-7-3-4-8-12)11-6-5-9-13(10-11)16(17)18/h5-6,9-10,12,14-15H,2-4,7-8H2,1H3. The van der Waals surface area contributed by atoms with Crippen LogP contribution >= 0.6 is 0 Å². The molecule has 0 saturated heterocycles. The summed E-state index contributed by atoms with van der Waals surface area (Å²) in [5, 5.41) is 14.4. The Labute approximate surface area is 108 Å². The SMILES string of the molecule is CCC(NC1CCCC1)c1cccc([N+](=O)[O-])c1. The lowest BCUT2D eigenvalue weighted by Crippen LogP contribution is -2.30. The Hall–Kier alpha value is -1.42. The van der Waals surface area contributed by atoms with Crippen LogP contribution in [0.3, 0.4) is 0 Å². The van der Waals surface area contributed by atoms with Crippen LogP contribution < -0.4 is 5.32 Å². The Kier molecular flexibility index (Phi) is 4.31. The van der Waals surface area contributed by atoms with Gasteiger partial charge in [0.25, 0.3) is 5.69 Å². The number of rotatable bonds is 5. The maximum atomic E-state index is 10.8. The maximum Gasteiger partial charge on any atom is 0.269 e. The Morgan fingerprint density at radius 2 is 2.17 bits per heavy atom. The van der Waals surface area contributed by atoms with Gasteiger partial charge in [0.15, 0.2) is 0 Å². The first-order valence-electron chi connectivity index (χ1n) is 6.71. The van der Waals surface area contributed by atoms with E-state index >= 15 is 0 Å². The van der Waals surface area contributed by atoms with Crippen molar-refractivity contribution < 1.29 is 4.92 Å². The van der Waals surface area contributed by atoms with Crippen molar-refractivity contribution in [1.29, 1.82) is 0 Å². The summed E-state index contributed by atoms with van der Waals surface area (Å²) in [4.78, 5) is 10.5. The lowest BCUT2D eigenvalue weighted by Gasteiger charge is -2.22. The number of non-ortho nitro benzene ring substituents is 1. The highest BCUT2D eigenvalue weighted by molar-refractivity contribution is 5.35. The number of nitrogens with one attached hydrogen (secondary N) is 1. The van der Waals surface area contributed by atoms with Crippen LogP contribution in [0.5, 0.6) is 0 Å². The Bertz CT molecular complexity index is 414. The van der Waals surface area contributed by atoms with Crippen molar-refractivity contribution in [3.63, 3.8) is 0 Å². The largest absolute Gasteiger partial charge is 0.307 e. The highest BCUT2D eigenvalue weighted by atomic mass is 16.6. The third-order valence-corrected chi connectivity index (χ3v) is 3.68. The van der Waals surface area contributed by atoms with Gasteiger partial charge in [-0.25, -0.2) is 0 Å². The second-order valence-corrected chi connectivity index (χ2v) is 4.96. The first-order valence-corrected chi connectivity index (χ1v) is 6.71. The molecule has 1 aromatic carbocycles. The minimum atomic E-state index is -0.328. The van der Waals surface area contributed by atoms with E-state index in [4.69, 9.17) is 0 Å². The number of nitro groups is 1. The molecule has 98 valence electrons. The van der Waals surface area contributed by atoms with Crippen molar-refractivity contribution in [2.45, 2.75) is 51.1 Å². The van der Waals surface area contributed by atoms with Gasteiger partial charge in [-0.1, -0.05) is 31.9 Å². The van der Waals surface area contributed by atoms with Gasteiger partial charge in [-0.05, 0) is 24.8 Å². The van der Waals surface area contributed by atoms with Crippen molar-refractivity contribution in [3.05, 3.63) is 39.9 Å². The average molecular weight is 248 g/mol. The van der Waals surface area contributed by atoms with Gasteiger partial charge in [-0.2, -0.15) is 0 Å². The van der Waals surface area contributed by atoms with Crippen LogP contribution in [0, 0.1) is 10.1 Å². The zero-order valence-electron chi connectivity index (χ0n) is 10.8. The predicted octanol–water partition coefficient (Wildman–Crippen LogP) is 3.58. The summed E-state index contributed by atoms with van der Waals surface area (Å²) >= 11 is 0. The smallest absolute Gasteiger partial charge is 0.269 e. The van der Waals surface area contributed by atoms with E-state index in [1.165, 1.54) is 25.7 Å². The second-order valence-electron chi connectivity index (χ2n) is 4.96. The normalized spacial score (nSPS) is 17.8. The van der Waals surface area contributed by atoms with Crippen LogP contribution in [0.4, 0.5) is 5.69 Å². The summed E-state index contributed by atoms with van der Waals surface area (Å²) in [7, 11) is 0. The summed E-state index contributed by atoms with van der Waals surface area (Å²) in [6, 6.07) is 7.79. The molecule has 1 N–H and O–H groups in total. The molecule has 0 heterocycles. The van der Waals surface area contributed by atoms with Crippen molar-refractivity contribution in [2.75, 3.05) is 0 Å². The fourth-order valence-corrected chi connectivity index (χ4v) is 2.68. The maximum absolute atomic E-state index is 10.8. The van der Waals surface area contributed by atoms with Crippen molar-refractivity contribution in [2.24, 2.45) is 0 Å². The van der Waals surface area contributed by atoms with Crippen LogP contribution in [0.25, 0.3) is 0 Å². The van der Waals surface area contributed by atoms with Gasteiger partial charge < -0.3 is 5.32 Å². The molecule has 18 heavy (non-hydrogen) atoms.